The van der Waals surface area contributed by atoms with Crippen LogP contribution >= 0.6 is 11.3 Å². The Bertz CT molecular complexity index is 606. The minimum absolute atomic E-state index is 0.0394. The predicted octanol–water partition coefficient (Wildman–Crippen LogP) is 2.16. The number of nitrogens with two attached hydrogens (primary N) is 1. The lowest BCUT2D eigenvalue weighted by molar-refractivity contribution is -0.121. The van der Waals surface area contributed by atoms with E-state index in [1.54, 1.807) is 29.7 Å². The number of amides is 1. The number of hydrogen-bond donors (Lipinski definition) is 2. The third kappa shape index (κ3) is 3.54. The molecule has 2 aromatic heterocycles. The Morgan fingerprint density at radius 2 is 2.20 bits per heavy atom. The molecule has 106 valence electrons. The second-order valence-corrected chi connectivity index (χ2v) is 5.97. The summed E-state index contributed by atoms with van der Waals surface area (Å²) in [4.78, 5) is 21.6. The highest BCUT2D eigenvalue weighted by atomic mass is 32.1. The smallest absolute Gasteiger partial charge is 0.226 e. The lowest BCUT2D eigenvalue weighted by atomic mass is 10.2. The highest BCUT2D eigenvalue weighted by molar-refractivity contribution is 7.11. The van der Waals surface area contributed by atoms with Gasteiger partial charge in [0, 0.05) is 10.6 Å². The molecule has 0 aliphatic heterocycles. The van der Waals surface area contributed by atoms with E-state index in [0.29, 0.717) is 11.4 Å². The Hall–Kier alpha value is -1.95. The Kier molecular flexibility index (Phi) is 4.34. The van der Waals surface area contributed by atoms with Gasteiger partial charge in [-0.1, -0.05) is 0 Å². The zero-order valence-electron chi connectivity index (χ0n) is 11.8. The SMILES string of the molecule is Cc1nc(C)c(C(C)NC(=O)Cc2ccc(N)cn2)s1. The lowest BCUT2D eigenvalue weighted by Gasteiger charge is -2.12. The molecule has 0 aliphatic rings. The van der Waals surface area contributed by atoms with Crippen molar-refractivity contribution in [2.75, 3.05) is 5.73 Å². The van der Waals surface area contributed by atoms with Crippen LogP contribution in [0.5, 0.6) is 0 Å². The number of pyridine rings is 1. The molecule has 0 saturated heterocycles. The standard InChI is InChI=1S/C14H18N4OS/c1-8-14(20-10(3)17-8)9(2)18-13(19)6-12-5-4-11(15)7-16-12/h4-5,7,9H,6,15H2,1-3H3,(H,18,19). The van der Waals surface area contributed by atoms with E-state index < -0.39 is 0 Å². The Morgan fingerprint density at radius 1 is 1.45 bits per heavy atom. The van der Waals surface area contributed by atoms with Gasteiger partial charge < -0.3 is 11.1 Å². The summed E-state index contributed by atoms with van der Waals surface area (Å²) in [5.74, 6) is -0.0553. The van der Waals surface area contributed by atoms with Gasteiger partial charge >= 0.3 is 0 Å². The molecule has 6 heteroatoms. The maximum atomic E-state index is 12.0. The van der Waals surface area contributed by atoms with E-state index in [1.807, 2.05) is 20.8 Å². The zero-order valence-corrected chi connectivity index (χ0v) is 12.6. The van der Waals surface area contributed by atoms with E-state index in [2.05, 4.69) is 15.3 Å². The monoisotopic (exact) mass is 290 g/mol. The van der Waals surface area contributed by atoms with Crippen LogP contribution in [0.15, 0.2) is 18.3 Å². The molecular formula is C14H18N4OS. The first kappa shape index (κ1) is 14.5. The topological polar surface area (TPSA) is 80.9 Å². The first-order valence-corrected chi connectivity index (χ1v) is 7.21. The van der Waals surface area contributed by atoms with Crippen LogP contribution in [-0.4, -0.2) is 15.9 Å². The first-order chi connectivity index (χ1) is 9.45. The molecule has 0 fully saturated rings. The molecule has 1 amide bonds. The van der Waals surface area contributed by atoms with Crippen molar-refractivity contribution < 1.29 is 4.79 Å². The number of carbonyl (C=O) groups is 1. The van der Waals surface area contributed by atoms with Crippen molar-refractivity contribution in [2.24, 2.45) is 0 Å². The number of anilines is 1. The predicted molar refractivity (Wildman–Crippen MR) is 80.5 cm³/mol. The fraction of sp³-hybridized carbons (Fsp3) is 0.357. The van der Waals surface area contributed by atoms with Crippen LogP contribution < -0.4 is 11.1 Å². The molecule has 20 heavy (non-hydrogen) atoms. The van der Waals surface area contributed by atoms with Crippen LogP contribution in [0.25, 0.3) is 0 Å². The van der Waals surface area contributed by atoms with Gasteiger partial charge in [0.25, 0.3) is 0 Å². The van der Waals surface area contributed by atoms with Gasteiger partial charge in [-0.05, 0) is 32.9 Å². The summed E-state index contributed by atoms with van der Waals surface area (Å²) >= 11 is 1.61. The van der Waals surface area contributed by atoms with E-state index in [9.17, 15) is 4.79 Å². The second-order valence-electron chi connectivity index (χ2n) is 4.73. The van der Waals surface area contributed by atoms with Crippen LogP contribution in [0.1, 0.15) is 34.2 Å². The highest BCUT2D eigenvalue weighted by Crippen LogP contribution is 2.24. The Labute approximate surface area is 122 Å². The molecule has 0 aromatic carbocycles. The van der Waals surface area contributed by atoms with Crippen LogP contribution in [0.3, 0.4) is 0 Å². The van der Waals surface area contributed by atoms with Crippen molar-refractivity contribution in [1.29, 1.82) is 0 Å². The number of thiazole rings is 1. The first-order valence-electron chi connectivity index (χ1n) is 6.39. The number of carbonyl (C=O) groups excluding carboxylic acids is 1. The maximum absolute atomic E-state index is 12.0. The highest BCUT2D eigenvalue weighted by Gasteiger charge is 2.15. The van der Waals surface area contributed by atoms with Crippen LogP contribution in [0.2, 0.25) is 0 Å². The summed E-state index contributed by atoms with van der Waals surface area (Å²) in [7, 11) is 0. The molecule has 2 rings (SSSR count). The third-order valence-electron chi connectivity index (χ3n) is 2.90. The molecule has 1 unspecified atom stereocenters. The summed E-state index contributed by atoms with van der Waals surface area (Å²) < 4.78 is 0. The van der Waals surface area contributed by atoms with E-state index in [-0.39, 0.29) is 18.4 Å². The Balaban J connectivity index is 1.97. The summed E-state index contributed by atoms with van der Waals surface area (Å²) in [5, 5.41) is 3.99. The number of nitrogens with zero attached hydrogens (tertiary/aromatic N) is 2. The number of hydrogen-bond acceptors (Lipinski definition) is 5. The molecule has 2 aromatic rings. The number of aryl methyl sites for hydroxylation is 2. The van der Waals surface area contributed by atoms with E-state index >= 15 is 0 Å². The zero-order chi connectivity index (χ0) is 14.7. The summed E-state index contributed by atoms with van der Waals surface area (Å²) in [6.07, 6.45) is 1.81. The Morgan fingerprint density at radius 3 is 2.75 bits per heavy atom. The van der Waals surface area contributed by atoms with Gasteiger partial charge in [-0.15, -0.1) is 11.3 Å². The average molecular weight is 290 g/mol. The molecule has 2 heterocycles. The van der Waals surface area contributed by atoms with Gasteiger partial charge in [-0.3, -0.25) is 9.78 Å². The largest absolute Gasteiger partial charge is 0.397 e. The average Bonchev–Trinajstić information content (AvgIpc) is 2.71. The summed E-state index contributed by atoms with van der Waals surface area (Å²) in [6, 6.07) is 3.47. The van der Waals surface area contributed by atoms with Gasteiger partial charge in [0.05, 0.1) is 35.0 Å². The van der Waals surface area contributed by atoms with Gasteiger partial charge in [-0.2, -0.15) is 0 Å². The molecular weight excluding hydrogens is 272 g/mol. The molecule has 0 aliphatic carbocycles. The van der Waals surface area contributed by atoms with Crippen molar-refractivity contribution in [1.82, 2.24) is 15.3 Å². The van der Waals surface area contributed by atoms with Crippen molar-refractivity contribution in [3.05, 3.63) is 39.6 Å². The minimum Gasteiger partial charge on any atom is -0.397 e. The lowest BCUT2D eigenvalue weighted by Crippen LogP contribution is -2.28. The fourth-order valence-corrected chi connectivity index (χ4v) is 2.94. The van der Waals surface area contributed by atoms with E-state index in [4.69, 9.17) is 5.73 Å². The maximum Gasteiger partial charge on any atom is 0.226 e. The molecule has 3 N–H and O–H groups in total. The van der Waals surface area contributed by atoms with Gasteiger partial charge in [-0.25, -0.2) is 4.98 Å². The van der Waals surface area contributed by atoms with E-state index in [0.717, 1.165) is 15.6 Å². The van der Waals surface area contributed by atoms with Crippen LogP contribution in [0, 0.1) is 13.8 Å². The van der Waals surface area contributed by atoms with Crippen LogP contribution in [0.4, 0.5) is 5.69 Å². The fourth-order valence-electron chi connectivity index (χ4n) is 2.01. The second kappa shape index (κ2) is 6.00. The van der Waals surface area contributed by atoms with Gasteiger partial charge in [0.1, 0.15) is 0 Å². The number of aromatic nitrogens is 2. The molecule has 0 bridgehead atoms. The van der Waals surface area contributed by atoms with Gasteiger partial charge in [0.15, 0.2) is 0 Å². The molecule has 5 nitrogen and oxygen atoms in total. The van der Waals surface area contributed by atoms with Gasteiger partial charge in [0.2, 0.25) is 5.91 Å². The normalized spacial score (nSPS) is 12.2. The quantitative estimate of drug-likeness (QED) is 0.904. The molecule has 0 radical (unpaired) electrons. The molecule has 0 spiro atoms. The third-order valence-corrected chi connectivity index (χ3v) is 4.16. The summed E-state index contributed by atoms with van der Waals surface area (Å²) in [5.41, 5.74) is 7.85. The number of nitrogens with one attached hydrogen (secondary N) is 1. The van der Waals surface area contributed by atoms with Crippen molar-refractivity contribution in [2.45, 2.75) is 33.2 Å². The number of rotatable bonds is 4. The van der Waals surface area contributed by atoms with E-state index in [1.165, 1.54) is 0 Å². The molecule has 0 saturated carbocycles. The van der Waals surface area contributed by atoms with Crippen molar-refractivity contribution in [3.8, 4) is 0 Å². The summed E-state index contributed by atoms with van der Waals surface area (Å²) in [6.45, 7) is 5.89. The number of nitrogen functional groups attached to an aromatic ring is 1. The molecule has 1 atom stereocenters. The van der Waals surface area contributed by atoms with Crippen LogP contribution in [-0.2, 0) is 11.2 Å². The van der Waals surface area contributed by atoms with Crippen molar-refractivity contribution in [3.63, 3.8) is 0 Å². The minimum atomic E-state index is -0.0553. The van der Waals surface area contributed by atoms with Crippen molar-refractivity contribution >= 4 is 22.9 Å².